The molecule has 2 aromatic carbocycles. The van der Waals surface area contributed by atoms with Gasteiger partial charge >= 0.3 is 5.97 Å². The third-order valence-corrected chi connectivity index (χ3v) is 3.36. The number of benzene rings is 2. The number of hydrogen-bond acceptors (Lipinski definition) is 4. The smallest absolute Gasteiger partial charge is 0.331 e. The summed E-state index contributed by atoms with van der Waals surface area (Å²) in [6, 6.07) is 13.0. The van der Waals surface area contributed by atoms with Gasteiger partial charge in [0.1, 0.15) is 5.75 Å². The second-order valence-corrected chi connectivity index (χ2v) is 5.64. The second-order valence-electron chi connectivity index (χ2n) is 5.64. The molecule has 0 aromatic heterocycles. The van der Waals surface area contributed by atoms with E-state index < -0.39 is 5.97 Å². The van der Waals surface area contributed by atoms with E-state index in [1.54, 1.807) is 19.3 Å². The van der Waals surface area contributed by atoms with Crippen LogP contribution in [-0.4, -0.2) is 25.6 Å². The van der Waals surface area contributed by atoms with Gasteiger partial charge in [0.25, 0.3) is 5.91 Å². The van der Waals surface area contributed by atoms with Crippen LogP contribution < -0.4 is 10.1 Å². The van der Waals surface area contributed by atoms with Crippen molar-refractivity contribution >= 4 is 23.6 Å². The van der Waals surface area contributed by atoms with E-state index in [0.717, 1.165) is 16.7 Å². The molecule has 0 atom stereocenters. The van der Waals surface area contributed by atoms with Gasteiger partial charge in [-0.05, 0) is 60.9 Å². The van der Waals surface area contributed by atoms with Crippen LogP contribution in [0.4, 0.5) is 5.69 Å². The summed E-state index contributed by atoms with van der Waals surface area (Å²) in [5.41, 5.74) is 3.59. The number of aryl methyl sites for hydroxylation is 2. The van der Waals surface area contributed by atoms with Crippen LogP contribution in [-0.2, 0) is 14.3 Å². The predicted octanol–water partition coefficient (Wildman–Crippen LogP) is 3.51. The Bertz CT molecular complexity index is 776. The van der Waals surface area contributed by atoms with Gasteiger partial charge in [0, 0.05) is 11.8 Å². The summed E-state index contributed by atoms with van der Waals surface area (Å²) < 4.78 is 10.1. The highest BCUT2D eigenvalue weighted by Crippen LogP contribution is 2.14. The highest BCUT2D eigenvalue weighted by molar-refractivity contribution is 5.94. The number of hydrogen-bond donors (Lipinski definition) is 1. The fourth-order valence-electron chi connectivity index (χ4n) is 2.34. The molecule has 0 unspecified atom stereocenters. The minimum atomic E-state index is -0.585. The molecule has 0 bridgehead atoms. The Morgan fingerprint density at radius 2 is 1.80 bits per heavy atom. The number of amides is 1. The Morgan fingerprint density at radius 3 is 2.48 bits per heavy atom. The van der Waals surface area contributed by atoms with Gasteiger partial charge in [-0.15, -0.1) is 0 Å². The number of methoxy groups -OCH3 is 1. The molecular formula is C20H21NO4. The van der Waals surface area contributed by atoms with E-state index in [4.69, 9.17) is 9.47 Å². The Balaban J connectivity index is 1.84. The number of ether oxygens (including phenoxy) is 2. The average Bonchev–Trinajstić information content (AvgIpc) is 2.57. The summed E-state index contributed by atoms with van der Waals surface area (Å²) in [5.74, 6) is -0.269. The zero-order chi connectivity index (χ0) is 18.2. The van der Waals surface area contributed by atoms with Crippen LogP contribution in [0.5, 0.6) is 5.75 Å². The van der Waals surface area contributed by atoms with Crippen molar-refractivity contribution in [3.8, 4) is 5.75 Å². The molecule has 0 heterocycles. The molecule has 0 spiro atoms. The third kappa shape index (κ3) is 6.14. The lowest BCUT2D eigenvalue weighted by Crippen LogP contribution is -2.20. The van der Waals surface area contributed by atoms with Crippen LogP contribution in [0.3, 0.4) is 0 Å². The largest absolute Gasteiger partial charge is 0.497 e. The summed E-state index contributed by atoms with van der Waals surface area (Å²) in [6.45, 7) is 3.56. The van der Waals surface area contributed by atoms with E-state index in [0.29, 0.717) is 11.4 Å². The van der Waals surface area contributed by atoms with E-state index in [1.165, 1.54) is 6.08 Å². The normalized spacial score (nSPS) is 10.5. The first-order valence-corrected chi connectivity index (χ1v) is 7.83. The summed E-state index contributed by atoms with van der Waals surface area (Å²) in [4.78, 5) is 23.6. The molecule has 0 saturated carbocycles. The maximum Gasteiger partial charge on any atom is 0.331 e. The average molecular weight is 339 g/mol. The molecule has 0 radical (unpaired) electrons. The summed E-state index contributed by atoms with van der Waals surface area (Å²) >= 11 is 0. The van der Waals surface area contributed by atoms with Crippen LogP contribution in [0.1, 0.15) is 16.7 Å². The Morgan fingerprint density at radius 1 is 1.08 bits per heavy atom. The number of carbonyl (C=O) groups is 2. The zero-order valence-corrected chi connectivity index (χ0v) is 14.5. The van der Waals surface area contributed by atoms with Crippen LogP contribution in [0.25, 0.3) is 6.08 Å². The molecule has 5 heteroatoms. The van der Waals surface area contributed by atoms with Gasteiger partial charge in [0.05, 0.1) is 7.11 Å². The second kappa shape index (κ2) is 8.68. The molecular weight excluding hydrogens is 318 g/mol. The number of anilines is 1. The quantitative estimate of drug-likeness (QED) is 0.646. The molecule has 0 fully saturated rings. The fraction of sp³-hybridized carbons (Fsp3) is 0.200. The van der Waals surface area contributed by atoms with Crippen LogP contribution in [0.2, 0.25) is 0 Å². The molecule has 0 aliphatic rings. The molecule has 25 heavy (non-hydrogen) atoms. The molecule has 5 nitrogen and oxygen atoms in total. The van der Waals surface area contributed by atoms with E-state index in [9.17, 15) is 9.59 Å². The first-order valence-electron chi connectivity index (χ1n) is 7.83. The Hall–Kier alpha value is -3.08. The summed E-state index contributed by atoms with van der Waals surface area (Å²) in [5, 5.41) is 2.71. The van der Waals surface area contributed by atoms with Gasteiger partial charge in [0.2, 0.25) is 0 Å². The standard InChI is InChI=1S/C20H21NO4/c1-14-9-15(2)11-17(10-14)21-19(22)13-25-20(23)8-7-16-5-4-6-18(12-16)24-3/h4-12H,13H2,1-3H3,(H,21,22)/b8-7+. The summed E-state index contributed by atoms with van der Waals surface area (Å²) in [7, 11) is 1.57. The van der Waals surface area contributed by atoms with E-state index in [-0.39, 0.29) is 12.5 Å². The molecule has 1 N–H and O–H groups in total. The van der Waals surface area contributed by atoms with Crippen molar-refractivity contribution in [2.24, 2.45) is 0 Å². The molecule has 2 aromatic rings. The van der Waals surface area contributed by atoms with Gasteiger partial charge in [-0.2, -0.15) is 0 Å². The number of rotatable bonds is 6. The first kappa shape index (κ1) is 18.3. The van der Waals surface area contributed by atoms with E-state index in [2.05, 4.69) is 5.32 Å². The van der Waals surface area contributed by atoms with Gasteiger partial charge in [-0.1, -0.05) is 18.2 Å². The first-order chi connectivity index (χ1) is 12.0. The predicted molar refractivity (Wildman–Crippen MR) is 97.5 cm³/mol. The highest BCUT2D eigenvalue weighted by atomic mass is 16.5. The lowest BCUT2D eigenvalue weighted by Gasteiger charge is -2.07. The monoisotopic (exact) mass is 339 g/mol. The topological polar surface area (TPSA) is 64.6 Å². The van der Waals surface area contributed by atoms with Gasteiger partial charge in [-0.3, -0.25) is 4.79 Å². The minimum Gasteiger partial charge on any atom is -0.497 e. The van der Waals surface area contributed by atoms with Crippen molar-refractivity contribution in [1.29, 1.82) is 0 Å². The van der Waals surface area contributed by atoms with Crippen molar-refractivity contribution in [2.75, 3.05) is 19.0 Å². The third-order valence-electron chi connectivity index (χ3n) is 3.36. The Labute approximate surface area is 147 Å². The molecule has 0 aliphatic carbocycles. The van der Waals surface area contributed by atoms with Gasteiger partial charge in [-0.25, -0.2) is 4.79 Å². The number of carbonyl (C=O) groups excluding carboxylic acids is 2. The number of nitrogens with one attached hydrogen (secondary N) is 1. The summed E-state index contributed by atoms with van der Waals surface area (Å²) in [6.07, 6.45) is 2.88. The molecule has 2 rings (SSSR count). The van der Waals surface area contributed by atoms with Crippen LogP contribution >= 0.6 is 0 Å². The molecule has 0 aliphatic heterocycles. The van der Waals surface area contributed by atoms with Crippen LogP contribution in [0.15, 0.2) is 48.5 Å². The minimum absolute atomic E-state index is 0.339. The molecule has 0 saturated heterocycles. The lowest BCUT2D eigenvalue weighted by molar-refractivity contribution is -0.142. The van der Waals surface area contributed by atoms with Crippen molar-refractivity contribution in [3.05, 3.63) is 65.2 Å². The maximum absolute atomic E-state index is 11.9. The fourth-order valence-corrected chi connectivity index (χ4v) is 2.34. The lowest BCUT2D eigenvalue weighted by atomic mass is 10.1. The van der Waals surface area contributed by atoms with Crippen LogP contribution in [0, 0.1) is 13.8 Å². The van der Waals surface area contributed by atoms with Gasteiger partial charge < -0.3 is 14.8 Å². The van der Waals surface area contributed by atoms with Crippen molar-refractivity contribution in [1.82, 2.24) is 0 Å². The van der Waals surface area contributed by atoms with E-state index in [1.807, 2.05) is 50.2 Å². The molecule has 130 valence electrons. The highest BCUT2D eigenvalue weighted by Gasteiger charge is 2.06. The zero-order valence-electron chi connectivity index (χ0n) is 14.5. The maximum atomic E-state index is 11.9. The van der Waals surface area contributed by atoms with Crippen molar-refractivity contribution in [3.63, 3.8) is 0 Å². The van der Waals surface area contributed by atoms with Crippen molar-refractivity contribution < 1.29 is 19.1 Å². The number of esters is 1. The SMILES string of the molecule is COc1cccc(/C=C/C(=O)OCC(=O)Nc2cc(C)cc(C)c2)c1. The molecule has 1 amide bonds. The van der Waals surface area contributed by atoms with Crippen molar-refractivity contribution in [2.45, 2.75) is 13.8 Å². The Kier molecular flexibility index (Phi) is 6.34. The van der Waals surface area contributed by atoms with Gasteiger partial charge in [0.15, 0.2) is 6.61 Å². The van der Waals surface area contributed by atoms with E-state index >= 15 is 0 Å².